The van der Waals surface area contributed by atoms with Crippen molar-refractivity contribution in [3.8, 4) is 11.1 Å². The summed E-state index contributed by atoms with van der Waals surface area (Å²) in [5.74, 6) is -0.364. The fourth-order valence-electron chi connectivity index (χ4n) is 2.55. The Labute approximate surface area is 137 Å². The zero-order valence-corrected chi connectivity index (χ0v) is 13.9. The quantitative estimate of drug-likeness (QED) is 0.777. The molecule has 3 rings (SSSR count). The molecule has 1 aliphatic rings. The molecular weight excluding hydrogens is 348 g/mol. The molecule has 1 aliphatic heterocycles. The summed E-state index contributed by atoms with van der Waals surface area (Å²) in [4.78, 5) is 11.8. The first-order chi connectivity index (χ1) is 10.7. The SMILES string of the molecule is COC(=O)c1cc(-c2cnn(C3CCCCO3)c2)ccc1Br. The number of esters is 1. The Morgan fingerprint density at radius 2 is 2.27 bits per heavy atom. The van der Waals surface area contributed by atoms with Crippen LogP contribution in [0.1, 0.15) is 35.8 Å². The number of hydrogen-bond donors (Lipinski definition) is 0. The van der Waals surface area contributed by atoms with Gasteiger partial charge in [-0.2, -0.15) is 5.10 Å². The highest BCUT2D eigenvalue weighted by molar-refractivity contribution is 9.10. The van der Waals surface area contributed by atoms with E-state index in [1.165, 1.54) is 7.11 Å². The van der Waals surface area contributed by atoms with Gasteiger partial charge in [-0.15, -0.1) is 0 Å². The van der Waals surface area contributed by atoms with Gasteiger partial charge in [0.25, 0.3) is 0 Å². The van der Waals surface area contributed by atoms with Crippen LogP contribution in [0.5, 0.6) is 0 Å². The summed E-state index contributed by atoms with van der Waals surface area (Å²) in [6, 6.07) is 5.59. The summed E-state index contributed by atoms with van der Waals surface area (Å²) < 4.78 is 13.1. The average Bonchev–Trinajstić information content (AvgIpc) is 3.05. The third kappa shape index (κ3) is 3.08. The molecule has 0 amide bonds. The Morgan fingerprint density at radius 3 is 3.00 bits per heavy atom. The van der Waals surface area contributed by atoms with E-state index in [0.717, 1.165) is 37.0 Å². The van der Waals surface area contributed by atoms with E-state index in [-0.39, 0.29) is 12.2 Å². The normalized spacial score (nSPS) is 18.2. The van der Waals surface area contributed by atoms with Gasteiger partial charge in [0.05, 0.1) is 18.9 Å². The molecule has 5 nitrogen and oxygen atoms in total. The van der Waals surface area contributed by atoms with E-state index < -0.39 is 0 Å². The van der Waals surface area contributed by atoms with Crippen LogP contribution in [0, 0.1) is 0 Å². The van der Waals surface area contributed by atoms with E-state index in [9.17, 15) is 4.79 Å². The van der Waals surface area contributed by atoms with E-state index >= 15 is 0 Å². The second-order valence-corrected chi connectivity index (χ2v) is 6.07. The smallest absolute Gasteiger partial charge is 0.339 e. The Hall–Kier alpha value is -1.66. The molecule has 22 heavy (non-hydrogen) atoms. The Morgan fingerprint density at radius 1 is 1.41 bits per heavy atom. The van der Waals surface area contributed by atoms with Gasteiger partial charge in [-0.3, -0.25) is 0 Å². The van der Waals surface area contributed by atoms with Crippen LogP contribution in [0.2, 0.25) is 0 Å². The van der Waals surface area contributed by atoms with Crippen LogP contribution in [0.25, 0.3) is 11.1 Å². The van der Waals surface area contributed by atoms with E-state index in [0.29, 0.717) is 10.0 Å². The van der Waals surface area contributed by atoms with Crippen molar-refractivity contribution in [3.63, 3.8) is 0 Å². The van der Waals surface area contributed by atoms with Gasteiger partial charge in [0, 0.05) is 22.8 Å². The molecule has 0 bridgehead atoms. The van der Waals surface area contributed by atoms with Crippen molar-refractivity contribution < 1.29 is 14.3 Å². The minimum Gasteiger partial charge on any atom is -0.465 e. The number of carbonyl (C=O) groups excluding carboxylic acids is 1. The van der Waals surface area contributed by atoms with Crippen LogP contribution in [0.15, 0.2) is 35.1 Å². The molecule has 1 aromatic carbocycles. The van der Waals surface area contributed by atoms with E-state index in [1.807, 2.05) is 23.0 Å². The number of nitrogens with zero attached hydrogens (tertiary/aromatic N) is 2. The Kier molecular flexibility index (Phi) is 4.59. The Balaban J connectivity index is 1.88. The van der Waals surface area contributed by atoms with Crippen molar-refractivity contribution in [2.75, 3.05) is 13.7 Å². The van der Waals surface area contributed by atoms with E-state index in [2.05, 4.69) is 21.0 Å². The highest BCUT2D eigenvalue weighted by atomic mass is 79.9. The molecule has 1 atom stereocenters. The van der Waals surface area contributed by atoms with Crippen molar-refractivity contribution in [3.05, 3.63) is 40.6 Å². The van der Waals surface area contributed by atoms with Crippen LogP contribution >= 0.6 is 15.9 Å². The number of benzene rings is 1. The van der Waals surface area contributed by atoms with Crippen LogP contribution in [-0.4, -0.2) is 29.5 Å². The second kappa shape index (κ2) is 6.62. The Bertz CT molecular complexity index is 678. The number of halogens is 1. The van der Waals surface area contributed by atoms with Crippen LogP contribution < -0.4 is 0 Å². The zero-order chi connectivity index (χ0) is 15.5. The second-order valence-electron chi connectivity index (χ2n) is 5.22. The lowest BCUT2D eigenvalue weighted by molar-refractivity contribution is -0.0394. The lowest BCUT2D eigenvalue weighted by Crippen LogP contribution is -2.18. The first-order valence-electron chi connectivity index (χ1n) is 7.23. The molecular formula is C16H17BrN2O3. The van der Waals surface area contributed by atoms with Crippen molar-refractivity contribution >= 4 is 21.9 Å². The predicted molar refractivity (Wildman–Crippen MR) is 85.5 cm³/mol. The van der Waals surface area contributed by atoms with Crippen molar-refractivity contribution in [1.82, 2.24) is 9.78 Å². The minimum atomic E-state index is -0.364. The third-order valence-corrected chi connectivity index (χ3v) is 4.45. The molecule has 1 unspecified atom stereocenters. The molecule has 0 radical (unpaired) electrons. The molecule has 2 aromatic rings. The molecule has 116 valence electrons. The first-order valence-corrected chi connectivity index (χ1v) is 8.02. The minimum absolute atomic E-state index is 0.0121. The van der Waals surface area contributed by atoms with Crippen molar-refractivity contribution in [1.29, 1.82) is 0 Å². The summed E-state index contributed by atoms with van der Waals surface area (Å²) in [5, 5.41) is 4.40. The molecule has 0 aliphatic carbocycles. The number of aromatic nitrogens is 2. The highest BCUT2D eigenvalue weighted by Crippen LogP contribution is 2.28. The monoisotopic (exact) mass is 364 g/mol. The summed E-state index contributed by atoms with van der Waals surface area (Å²) in [7, 11) is 1.37. The van der Waals surface area contributed by atoms with Gasteiger partial charge in [0.15, 0.2) is 0 Å². The van der Waals surface area contributed by atoms with Crippen LogP contribution in [0.4, 0.5) is 0 Å². The topological polar surface area (TPSA) is 53.3 Å². The lowest BCUT2D eigenvalue weighted by atomic mass is 10.1. The maximum absolute atomic E-state index is 11.8. The largest absolute Gasteiger partial charge is 0.465 e. The lowest BCUT2D eigenvalue weighted by Gasteiger charge is -2.22. The number of methoxy groups -OCH3 is 1. The highest BCUT2D eigenvalue weighted by Gasteiger charge is 2.17. The van der Waals surface area contributed by atoms with E-state index in [4.69, 9.17) is 9.47 Å². The standard InChI is InChI=1S/C16H17BrN2O3/c1-21-16(20)13-8-11(5-6-14(13)17)12-9-18-19(10-12)15-4-2-3-7-22-15/h5-6,8-10,15H,2-4,7H2,1H3. The fraction of sp³-hybridized carbons (Fsp3) is 0.375. The third-order valence-electron chi connectivity index (χ3n) is 3.76. The molecule has 0 spiro atoms. The zero-order valence-electron chi connectivity index (χ0n) is 12.3. The fourth-order valence-corrected chi connectivity index (χ4v) is 2.96. The van der Waals surface area contributed by atoms with Gasteiger partial charge in [0.1, 0.15) is 6.23 Å². The molecule has 0 N–H and O–H groups in total. The molecule has 1 saturated heterocycles. The summed E-state index contributed by atoms with van der Waals surface area (Å²) in [6.07, 6.45) is 7.01. The predicted octanol–water partition coefficient (Wildman–Crippen LogP) is 3.80. The summed E-state index contributed by atoms with van der Waals surface area (Å²) >= 11 is 3.37. The molecule has 1 fully saturated rings. The van der Waals surface area contributed by atoms with Crippen molar-refractivity contribution in [2.45, 2.75) is 25.5 Å². The molecule has 2 heterocycles. The number of hydrogen-bond acceptors (Lipinski definition) is 4. The number of rotatable bonds is 3. The van der Waals surface area contributed by atoms with Gasteiger partial charge in [-0.25, -0.2) is 9.48 Å². The summed E-state index contributed by atoms with van der Waals surface area (Å²) in [6.45, 7) is 0.782. The molecule has 1 aromatic heterocycles. The molecule has 6 heteroatoms. The van der Waals surface area contributed by atoms with E-state index in [1.54, 1.807) is 12.3 Å². The average molecular weight is 365 g/mol. The van der Waals surface area contributed by atoms with Crippen LogP contribution in [0.3, 0.4) is 0 Å². The van der Waals surface area contributed by atoms with Gasteiger partial charge >= 0.3 is 5.97 Å². The maximum Gasteiger partial charge on any atom is 0.339 e. The molecule has 0 saturated carbocycles. The first kappa shape index (κ1) is 15.2. The van der Waals surface area contributed by atoms with Gasteiger partial charge in [-0.1, -0.05) is 6.07 Å². The summed E-state index contributed by atoms with van der Waals surface area (Å²) in [5.41, 5.74) is 2.37. The van der Waals surface area contributed by atoms with Gasteiger partial charge < -0.3 is 9.47 Å². The maximum atomic E-state index is 11.8. The number of ether oxygens (including phenoxy) is 2. The van der Waals surface area contributed by atoms with Gasteiger partial charge in [0.2, 0.25) is 0 Å². The number of carbonyl (C=O) groups is 1. The van der Waals surface area contributed by atoms with Gasteiger partial charge in [-0.05, 0) is 52.9 Å². The van der Waals surface area contributed by atoms with Crippen molar-refractivity contribution in [2.24, 2.45) is 0 Å². The van der Waals surface area contributed by atoms with Crippen LogP contribution in [-0.2, 0) is 9.47 Å².